The number of nitrogens with zero attached hydrogens (tertiary/aromatic N) is 3. The summed E-state index contributed by atoms with van der Waals surface area (Å²) in [7, 11) is 1.82. The summed E-state index contributed by atoms with van der Waals surface area (Å²) in [6, 6.07) is 8.90. The summed E-state index contributed by atoms with van der Waals surface area (Å²) in [6.45, 7) is 4.64. The zero-order valence-corrected chi connectivity index (χ0v) is 19.3. The molecule has 0 radical (unpaired) electrons. The third-order valence-electron chi connectivity index (χ3n) is 4.95. The van der Waals surface area contributed by atoms with Crippen LogP contribution in [-0.2, 0) is 11.8 Å². The van der Waals surface area contributed by atoms with E-state index in [2.05, 4.69) is 15.3 Å². The highest BCUT2D eigenvalue weighted by Gasteiger charge is 2.18. The molecule has 1 N–H and O–H groups in total. The summed E-state index contributed by atoms with van der Waals surface area (Å²) in [5, 5.41) is 7.65. The van der Waals surface area contributed by atoms with Crippen molar-refractivity contribution in [1.82, 2.24) is 14.7 Å². The van der Waals surface area contributed by atoms with Gasteiger partial charge in [0.2, 0.25) is 0 Å². The van der Waals surface area contributed by atoms with Gasteiger partial charge < -0.3 is 14.8 Å². The molecule has 3 heterocycles. The lowest BCUT2D eigenvalue weighted by Crippen LogP contribution is -2.38. The van der Waals surface area contributed by atoms with Crippen LogP contribution in [0.15, 0.2) is 36.5 Å². The van der Waals surface area contributed by atoms with Gasteiger partial charge in [-0.25, -0.2) is 0 Å². The lowest BCUT2D eigenvalue weighted by atomic mass is 10.1. The molecular weight excluding hydrogens is 459 g/mol. The minimum atomic E-state index is -0.222. The fourth-order valence-corrected chi connectivity index (χ4v) is 4.58. The number of halogens is 2. The Kier molecular flexibility index (Phi) is 7.14. The summed E-state index contributed by atoms with van der Waals surface area (Å²) in [5.74, 6) is 0.455. The molecule has 1 amide bonds. The highest BCUT2D eigenvalue weighted by molar-refractivity contribution is 7.18. The van der Waals surface area contributed by atoms with Crippen molar-refractivity contribution >= 4 is 46.1 Å². The molecule has 0 saturated carbocycles. The van der Waals surface area contributed by atoms with Gasteiger partial charge in [0.25, 0.3) is 5.91 Å². The third-order valence-corrected chi connectivity index (χ3v) is 6.46. The van der Waals surface area contributed by atoms with Crippen LogP contribution in [0.3, 0.4) is 0 Å². The first kappa shape index (κ1) is 22.1. The fourth-order valence-electron chi connectivity index (χ4n) is 3.37. The smallest absolute Gasteiger partial charge is 0.265 e. The first-order valence-corrected chi connectivity index (χ1v) is 11.4. The first-order valence-electron chi connectivity index (χ1n) is 9.83. The van der Waals surface area contributed by atoms with Crippen molar-refractivity contribution in [3.05, 3.63) is 50.8 Å². The number of hydrogen-bond acceptors (Lipinski definition) is 6. The molecule has 1 aliphatic rings. The van der Waals surface area contributed by atoms with Crippen molar-refractivity contribution in [2.45, 2.75) is 0 Å². The molecule has 0 bridgehead atoms. The number of aromatic nitrogens is 2. The fraction of sp³-hybridized carbons (Fsp3) is 0.333. The Labute approximate surface area is 194 Å². The van der Waals surface area contributed by atoms with Crippen LogP contribution in [-0.4, -0.2) is 60.0 Å². The Morgan fingerprint density at radius 2 is 2.06 bits per heavy atom. The van der Waals surface area contributed by atoms with Gasteiger partial charge in [0.15, 0.2) is 0 Å². The molecule has 10 heteroatoms. The van der Waals surface area contributed by atoms with E-state index in [1.165, 1.54) is 11.3 Å². The maximum Gasteiger partial charge on any atom is 0.265 e. The van der Waals surface area contributed by atoms with Gasteiger partial charge in [-0.05, 0) is 30.3 Å². The minimum absolute atomic E-state index is 0.222. The Morgan fingerprint density at radius 1 is 1.26 bits per heavy atom. The Morgan fingerprint density at radius 3 is 2.74 bits per heavy atom. The normalized spacial score (nSPS) is 14.5. The van der Waals surface area contributed by atoms with E-state index >= 15 is 0 Å². The predicted molar refractivity (Wildman–Crippen MR) is 124 cm³/mol. The molecule has 3 aromatic rings. The van der Waals surface area contributed by atoms with Crippen LogP contribution < -0.4 is 10.1 Å². The van der Waals surface area contributed by atoms with Crippen LogP contribution in [0.1, 0.15) is 9.67 Å². The van der Waals surface area contributed by atoms with Crippen molar-refractivity contribution in [1.29, 1.82) is 0 Å². The molecular formula is C21H22Cl2N4O3S. The zero-order valence-electron chi connectivity index (χ0n) is 16.9. The average Bonchev–Trinajstić information content (AvgIpc) is 3.35. The maximum atomic E-state index is 12.5. The second-order valence-corrected chi connectivity index (χ2v) is 9.16. The largest absolute Gasteiger partial charge is 0.492 e. The van der Waals surface area contributed by atoms with Gasteiger partial charge in [-0.15, -0.1) is 11.3 Å². The van der Waals surface area contributed by atoms with E-state index in [4.69, 9.17) is 32.7 Å². The highest BCUT2D eigenvalue weighted by atomic mass is 35.5. The molecule has 1 aliphatic heterocycles. The number of thiophene rings is 1. The molecule has 7 nitrogen and oxygen atoms in total. The third kappa shape index (κ3) is 5.39. The molecule has 0 spiro atoms. The molecule has 2 aromatic heterocycles. The number of carbonyl (C=O) groups is 1. The van der Waals surface area contributed by atoms with Crippen LogP contribution in [0.2, 0.25) is 9.36 Å². The number of nitrogens with one attached hydrogen (secondary N) is 1. The second-order valence-electron chi connectivity index (χ2n) is 7.04. The van der Waals surface area contributed by atoms with Crippen LogP contribution in [0.25, 0.3) is 11.3 Å². The van der Waals surface area contributed by atoms with Gasteiger partial charge in [0.05, 0.1) is 39.3 Å². The number of amides is 1. The number of morpholine rings is 1. The van der Waals surface area contributed by atoms with Gasteiger partial charge >= 0.3 is 0 Å². The number of carbonyl (C=O) groups excluding carboxylic acids is 1. The Balaban J connectivity index is 1.55. The van der Waals surface area contributed by atoms with E-state index in [1.54, 1.807) is 23.0 Å². The molecule has 1 aromatic carbocycles. The number of aryl methyl sites for hydroxylation is 1. The quantitative estimate of drug-likeness (QED) is 0.541. The Bertz CT molecular complexity index is 1040. The Hall–Kier alpha value is -2.10. The van der Waals surface area contributed by atoms with E-state index in [-0.39, 0.29) is 5.91 Å². The molecule has 0 aliphatic carbocycles. The van der Waals surface area contributed by atoms with E-state index < -0.39 is 0 Å². The van der Waals surface area contributed by atoms with Gasteiger partial charge in [0.1, 0.15) is 12.4 Å². The highest BCUT2D eigenvalue weighted by Crippen LogP contribution is 2.37. The first-order chi connectivity index (χ1) is 15.0. The number of benzene rings is 1. The van der Waals surface area contributed by atoms with Gasteiger partial charge in [0, 0.05) is 37.9 Å². The van der Waals surface area contributed by atoms with Crippen LogP contribution >= 0.6 is 34.5 Å². The standard InChI is InChI=1S/C21H22Cl2N4O3S/c1-26-20(16(22)13-24-26)15-12-14(25-21(28)18-4-5-19(23)31-18)2-3-17(15)30-11-8-27-6-9-29-10-7-27/h2-5,12-13H,6-11H2,1H3,(H,25,28). The van der Waals surface area contributed by atoms with E-state index in [1.807, 2.05) is 25.2 Å². The number of rotatable bonds is 7. The average molecular weight is 481 g/mol. The minimum Gasteiger partial charge on any atom is -0.492 e. The van der Waals surface area contributed by atoms with Crippen molar-refractivity contribution in [2.24, 2.45) is 7.05 Å². The van der Waals surface area contributed by atoms with Crippen LogP contribution in [0.4, 0.5) is 5.69 Å². The van der Waals surface area contributed by atoms with Gasteiger partial charge in [-0.3, -0.25) is 14.4 Å². The molecule has 1 fully saturated rings. The van der Waals surface area contributed by atoms with E-state index in [0.717, 1.165) is 44.1 Å². The second kappa shape index (κ2) is 10.0. The molecule has 164 valence electrons. The van der Waals surface area contributed by atoms with Gasteiger partial charge in [-0.1, -0.05) is 23.2 Å². The lowest BCUT2D eigenvalue weighted by Gasteiger charge is -2.26. The zero-order chi connectivity index (χ0) is 21.8. The van der Waals surface area contributed by atoms with Crippen molar-refractivity contribution in [3.63, 3.8) is 0 Å². The molecule has 4 rings (SSSR count). The van der Waals surface area contributed by atoms with E-state index in [0.29, 0.717) is 32.3 Å². The number of ether oxygens (including phenoxy) is 2. The molecule has 0 atom stereocenters. The summed E-state index contributed by atoms with van der Waals surface area (Å²) in [6.07, 6.45) is 1.59. The van der Waals surface area contributed by atoms with Crippen molar-refractivity contribution in [3.8, 4) is 17.0 Å². The lowest BCUT2D eigenvalue weighted by molar-refractivity contribution is 0.0323. The van der Waals surface area contributed by atoms with Crippen molar-refractivity contribution in [2.75, 3.05) is 44.8 Å². The number of hydrogen-bond donors (Lipinski definition) is 1. The summed E-state index contributed by atoms with van der Waals surface area (Å²) in [5.41, 5.74) is 2.11. The van der Waals surface area contributed by atoms with Crippen LogP contribution in [0.5, 0.6) is 5.75 Å². The summed E-state index contributed by atoms with van der Waals surface area (Å²) >= 11 is 13.6. The molecule has 0 unspecified atom stereocenters. The summed E-state index contributed by atoms with van der Waals surface area (Å²) in [4.78, 5) is 15.4. The number of anilines is 1. The summed E-state index contributed by atoms with van der Waals surface area (Å²) < 4.78 is 13.8. The predicted octanol–water partition coefficient (Wildman–Crippen LogP) is 4.42. The maximum absolute atomic E-state index is 12.5. The van der Waals surface area contributed by atoms with Crippen LogP contribution in [0, 0.1) is 0 Å². The SMILES string of the molecule is Cn1ncc(Cl)c1-c1cc(NC(=O)c2ccc(Cl)s2)ccc1OCCN1CCOCC1. The molecule has 31 heavy (non-hydrogen) atoms. The monoisotopic (exact) mass is 480 g/mol. The topological polar surface area (TPSA) is 68.6 Å². The van der Waals surface area contributed by atoms with Gasteiger partial charge in [-0.2, -0.15) is 5.10 Å². The van der Waals surface area contributed by atoms with E-state index in [9.17, 15) is 4.79 Å². The van der Waals surface area contributed by atoms with Crippen molar-refractivity contribution < 1.29 is 14.3 Å². The molecule has 1 saturated heterocycles.